The van der Waals surface area contributed by atoms with Crippen molar-refractivity contribution in [3.8, 4) is 5.75 Å². The van der Waals surface area contributed by atoms with E-state index in [0.29, 0.717) is 17.0 Å². The number of carbonyl (C=O) groups is 1. The zero-order valence-corrected chi connectivity index (χ0v) is 11.5. The maximum absolute atomic E-state index is 12.4. The number of rotatable bonds is 4. The van der Waals surface area contributed by atoms with Gasteiger partial charge in [-0.15, -0.1) is 0 Å². The normalized spacial score (nSPS) is 10.5. The number of carbonyl (C=O) groups excluding carboxylic acids is 1. The number of ketones is 1. The first-order valence-electron chi connectivity index (χ1n) is 6.74. The van der Waals surface area contributed by atoms with Gasteiger partial charge in [0.1, 0.15) is 5.75 Å². The fraction of sp³-hybridized carbons (Fsp3) is 0.0556. The molecule has 0 saturated carbocycles. The Morgan fingerprint density at radius 2 is 1.62 bits per heavy atom. The molecule has 0 spiro atoms. The highest BCUT2D eigenvalue weighted by Gasteiger charge is 2.11. The maximum Gasteiger partial charge on any atom is 0.200 e. The van der Waals surface area contributed by atoms with Crippen LogP contribution in [-0.4, -0.2) is 12.4 Å². The predicted molar refractivity (Wildman–Crippen MR) is 84.6 cm³/mol. The molecule has 0 radical (unpaired) electrons. The van der Waals surface area contributed by atoms with Crippen molar-refractivity contribution in [1.29, 1.82) is 0 Å². The van der Waals surface area contributed by atoms with Crippen molar-refractivity contribution in [1.82, 2.24) is 0 Å². The summed E-state index contributed by atoms with van der Waals surface area (Å²) in [5.74, 6) is 0.473. The summed E-state index contributed by atoms with van der Waals surface area (Å²) in [6, 6.07) is 20.7. The largest absolute Gasteiger partial charge is 0.483 e. The van der Waals surface area contributed by atoms with E-state index in [4.69, 9.17) is 10.5 Å². The minimum Gasteiger partial charge on any atom is -0.483 e. The lowest BCUT2D eigenvalue weighted by molar-refractivity contribution is 0.0924. The topological polar surface area (TPSA) is 52.3 Å². The molecule has 0 aliphatic rings. The van der Waals surface area contributed by atoms with Crippen molar-refractivity contribution < 1.29 is 9.53 Å². The molecule has 3 aromatic carbocycles. The summed E-state index contributed by atoms with van der Waals surface area (Å²) in [6.07, 6.45) is 0. The maximum atomic E-state index is 12.4. The van der Waals surface area contributed by atoms with Crippen molar-refractivity contribution in [3.05, 3.63) is 72.3 Å². The van der Waals surface area contributed by atoms with Gasteiger partial charge in [-0.05, 0) is 22.9 Å². The van der Waals surface area contributed by atoms with E-state index in [1.807, 2.05) is 54.6 Å². The molecule has 0 bridgehead atoms. The Bertz CT molecular complexity index is 791. The molecular weight excluding hydrogens is 262 g/mol. The number of fused-ring (bicyclic) bond motifs is 1. The van der Waals surface area contributed by atoms with Gasteiger partial charge < -0.3 is 10.5 Å². The fourth-order valence-electron chi connectivity index (χ4n) is 2.30. The summed E-state index contributed by atoms with van der Waals surface area (Å²) in [7, 11) is 0. The van der Waals surface area contributed by atoms with E-state index in [-0.39, 0.29) is 12.4 Å². The number of hydrogen-bond donors (Lipinski definition) is 1. The molecule has 0 atom stereocenters. The number of nitrogen functional groups attached to an aromatic ring is 1. The van der Waals surface area contributed by atoms with E-state index in [2.05, 4.69) is 0 Å². The average molecular weight is 277 g/mol. The fourth-order valence-corrected chi connectivity index (χ4v) is 2.30. The van der Waals surface area contributed by atoms with Crippen LogP contribution in [0.1, 0.15) is 10.4 Å². The zero-order valence-electron chi connectivity index (χ0n) is 11.5. The Kier molecular flexibility index (Phi) is 3.56. The Morgan fingerprint density at radius 1 is 0.905 bits per heavy atom. The molecular formula is C18H15NO2. The van der Waals surface area contributed by atoms with Crippen LogP contribution in [0.5, 0.6) is 5.75 Å². The molecule has 21 heavy (non-hydrogen) atoms. The molecule has 0 heterocycles. The van der Waals surface area contributed by atoms with E-state index in [1.165, 1.54) is 0 Å². The molecule has 2 N–H and O–H groups in total. The third-order valence-corrected chi connectivity index (χ3v) is 3.37. The molecule has 3 heteroatoms. The van der Waals surface area contributed by atoms with Gasteiger partial charge in [0.05, 0.1) is 5.69 Å². The molecule has 0 fully saturated rings. The van der Waals surface area contributed by atoms with Crippen LogP contribution in [0.25, 0.3) is 10.8 Å². The second-order valence-electron chi connectivity index (χ2n) is 4.78. The average Bonchev–Trinajstić information content (AvgIpc) is 2.53. The van der Waals surface area contributed by atoms with Crippen molar-refractivity contribution in [2.24, 2.45) is 0 Å². The van der Waals surface area contributed by atoms with Gasteiger partial charge in [0, 0.05) is 5.56 Å². The Labute approximate surface area is 123 Å². The first-order chi connectivity index (χ1) is 10.3. The van der Waals surface area contributed by atoms with Gasteiger partial charge in [-0.2, -0.15) is 0 Å². The van der Waals surface area contributed by atoms with Gasteiger partial charge >= 0.3 is 0 Å². The molecule has 0 saturated heterocycles. The number of anilines is 1. The SMILES string of the molecule is Nc1ccccc1OCC(=O)c1cccc2ccccc12. The van der Waals surface area contributed by atoms with Crippen molar-refractivity contribution >= 4 is 22.2 Å². The monoisotopic (exact) mass is 277 g/mol. The van der Waals surface area contributed by atoms with Crippen molar-refractivity contribution in [3.63, 3.8) is 0 Å². The van der Waals surface area contributed by atoms with E-state index >= 15 is 0 Å². The van der Waals surface area contributed by atoms with E-state index in [9.17, 15) is 4.79 Å². The first kappa shape index (κ1) is 13.2. The lowest BCUT2D eigenvalue weighted by Gasteiger charge is -2.09. The predicted octanol–water partition coefficient (Wildman–Crippen LogP) is 3.68. The molecule has 3 nitrogen and oxygen atoms in total. The minimum absolute atomic E-state index is 0.0256. The Hall–Kier alpha value is -2.81. The number of ether oxygens (including phenoxy) is 1. The van der Waals surface area contributed by atoms with E-state index < -0.39 is 0 Å². The summed E-state index contributed by atoms with van der Waals surface area (Å²) in [6.45, 7) is -0.0256. The highest BCUT2D eigenvalue weighted by Crippen LogP contribution is 2.22. The van der Waals surface area contributed by atoms with Crippen LogP contribution >= 0.6 is 0 Å². The number of hydrogen-bond acceptors (Lipinski definition) is 3. The van der Waals surface area contributed by atoms with Crippen LogP contribution in [0.3, 0.4) is 0 Å². The van der Waals surface area contributed by atoms with Gasteiger partial charge in [0.2, 0.25) is 5.78 Å². The molecule has 0 aromatic heterocycles. The first-order valence-corrected chi connectivity index (χ1v) is 6.74. The van der Waals surface area contributed by atoms with E-state index in [0.717, 1.165) is 10.8 Å². The Morgan fingerprint density at radius 3 is 2.48 bits per heavy atom. The summed E-state index contributed by atoms with van der Waals surface area (Å²) in [5.41, 5.74) is 7.00. The minimum atomic E-state index is -0.0601. The second kappa shape index (κ2) is 5.67. The number of Topliss-reactive ketones (excluding diaryl/α,β-unsaturated/α-hetero) is 1. The Balaban J connectivity index is 1.83. The van der Waals surface area contributed by atoms with Crippen LogP contribution in [0.15, 0.2) is 66.7 Å². The molecule has 3 aromatic rings. The van der Waals surface area contributed by atoms with Crippen molar-refractivity contribution in [2.75, 3.05) is 12.3 Å². The summed E-state index contributed by atoms with van der Waals surface area (Å²) in [5, 5.41) is 1.98. The molecule has 0 amide bonds. The third-order valence-electron chi connectivity index (χ3n) is 3.37. The van der Waals surface area contributed by atoms with Gasteiger partial charge in [-0.25, -0.2) is 0 Å². The quantitative estimate of drug-likeness (QED) is 0.584. The van der Waals surface area contributed by atoms with Crippen LogP contribution in [0.4, 0.5) is 5.69 Å². The second-order valence-corrected chi connectivity index (χ2v) is 4.78. The molecule has 0 aliphatic heterocycles. The molecule has 3 rings (SSSR count). The lowest BCUT2D eigenvalue weighted by Crippen LogP contribution is -2.12. The van der Waals surface area contributed by atoms with Crippen LogP contribution < -0.4 is 10.5 Å². The third kappa shape index (κ3) is 2.72. The smallest absolute Gasteiger partial charge is 0.200 e. The number of nitrogens with two attached hydrogens (primary N) is 1. The van der Waals surface area contributed by atoms with Crippen LogP contribution in [-0.2, 0) is 0 Å². The van der Waals surface area contributed by atoms with Crippen LogP contribution in [0, 0.1) is 0 Å². The van der Waals surface area contributed by atoms with Crippen molar-refractivity contribution in [2.45, 2.75) is 0 Å². The highest BCUT2D eigenvalue weighted by atomic mass is 16.5. The summed E-state index contributed by atoms with van der Waals surface area (Å²) < 4.78 is 5.53. The van der Waals surface area contributed by atoms with Gasteiger partial charge in [0.25, 0.3) is 0 Å². The molecule has 0 aliphatic carbocycles. The van der Waals surface area contributed by atoms with Gasteiger partial charge in [-0.3, -0.25) is 4.79 Å². The van der Waals surface area contributed by atoms with E-state index in [1.54, 1.807) is 12.1 Å². The summed E-state index contributed by atoms with van der Waals surface area (Å²) in [4.78, 5) is 12.4. The lowest BCUT2D eigenvalue weighted by atomic mass is 10.0. The van der Waals surface area contributed by atoms with Gasteiger partial charge in [-0.1, -0.05) is 54.6 Å². The summed E-state index contributed by atoms with van der Waals surface area (Å²) >= 11 is 0. The number of benzene rings is 3. The van der Waals surface area contributed by atoms with Gasteiger partial charge in [0.15, 0.2) is 6.61 Å². The highest BCUT2D eigenvalue weighted by molar-refractivity contribution is 6.08. The number of para-hydroxylation sites is 2. The molecule has 0 unspecified atom stereocenters. The molecule has 104 valence electrons. The standard InChI is InChI=1S/C18H15NO2/c19-16-10-3-4-11-18(16)21-12-17(20)15-9-5-7-13-6-1-2-8-14(13)15/h1-11H,12,19H2. The van der Waals surface area contributed by atoms with Crippen LogP contribution in [0.2, 0.25) is 0 Å². The zero-order chi connectivity index (χ0) is 14.7.